The highest BCUT2D eigenvalue weighted by Gasteiger charge is 2.17. The van der Waals surface area contributed by atoms with Gasteiger partial charge in [0.1, 0.15) is 10.3 Å². The minimum atomic E-state index is -0.220. The highest BCUT2D eigenvalue weighted by molar-refractivity contribution is 8.02. The third-order valence-corrected chi connectivity index (χ3v) is 3.40. The minimum absolute atomic E-state index is 0.203. The van der Waals surface area contributed by atoms with Gasteiger partial charge in [-0.3, -0.25) is 4.79 Å². The Morgan fingerprint density at radius 1 is 1.64 bits per heavy atom. The largest absolute Gasteiger partial charge is 0.465 e. The summed E-state index contributed by atoms with van der Waals surface area (Å²) in [7, 11) is 0. The molecule has 0 spiro atoms. The Kier molecular flexibility index (Phi) is 4.34. The molecule has 0 bridgehead atoms. The summed E-state index contributed by atoms with van der Waals surface area (Å²) in [4.78, 5) is 11.3. The third kappa shape index (κ3) is 3.26. The lowest BCUT2D eigenvalue weighted by molar-refractivity contribution is -0.142. The molecule has 1 aromatic rings. The molecule has 0 unspecified atom stereocenters. The van der Waals surface area contributed by atoms with E-state index in [1.807, 2.05) is 6.92 Å². The van der Waals surface area contributed by atoms with E-state index in [0.717, 1.165) is 9.35 Å². The number of aryl methyl sites for hydroxylation is 1. The summed E-state index contributed by atoms with van der Waals surface area (Å²) in [5, 5.41) is 8.48. The molecule has 14 heavy (non-hydrogen) atoms. The highest BCUT2D eigenvalue weighted by Crippen LogP contribution is 2.26. The molecule has 4 nitrogen and oxygen atoms in total. The molecule has 0 N–H and O–H groups in total. The third-order valence-electron chi connectivity index (χ3n) is 1.40. The highest BCUT2D eigenvalue weighted by atomic mass is 32.2. The maximum absolute atomic E-state index is 11.3. The average molecular weight is 232 g/mol. The zero-order valence-electron chi connectivity index (χ0n) is 8.31. The number of carbonyl (C=O) groups is 1. The van der Waals surface area contributed by atoms with Crippen LogP contribution in [0.15, 0.2) is 4.34 Å². The van der Waals surface area contributed by atoms with E-state index in [-0.39, 0.29) is 11.2 Å². The molecule has 1 atom stereocenters. The zero-order valence-corrected chi connectivity index (χ0v) is 9.94. The van der Waals surface area contributed by atoms with E-state index in [1.54, 1.807) is 13.8 Å². The van der Waals surface area contributed by atoms with Gasteiger partial charge in [0.2, 0.25) is 0 Å². The first-order valence-corrected chi connectivity index (χ1v) is 5.96. The number of rotatable bonds is 4. The smallest absolute Gasteiger partial charge is 0.319 e. The van der Waals surface area contributed by atoms with E-state index >= 15 is 0 Å². The van der Waals surface area contributed by atoms with Gasteiger partial charge in [0, 0.05) is 0 Å². The lowest BCUT2D eigenvalue weighted by Gasteiger charge is -2.06. The first-order valence-electron chi connectivity index (χ1n) is 4.27. The topological polar surface area (TPSA) is 52.1 Å². The van der Waals surface area contributed by atoms with Crippen molar-refractivity contribution >= 4 is 29.1 Å². The predicted octanol–water partition coefficient (Wildman–Crippen LogP) is 1.89. The normalized spacial score (nSPS) is 12.5. The maximum atomic E-state index is 11.3. The Morgan fingerprint density at radius 2 is 2.36 bits per heavy atom. The molecule has 0 aliphatic rings. The van der Waals surface area contributed by atoms with Gasteiger partial charge in [0.05, 0.1) is 6.61 Å². The van der Waals surface area contributed by atoms with Crippen LogP contribution in [-0.4, -0.2) is 28.0 Å². The van der Waals surface area contributed by atoms with Crippen LogP contribution in [0.1, 0.15) is 18.9 Å². The van der Waals surface area contributed by atoms with Gasteiger partial charge < -0.3 is 4.74 Å². The Labute approximate surface area is 91.1 Å². The minimum Gasteiger partial charge on any atom is -0.465 e. The lowest BCUT2D eigenvalue weighted by atomic mass is 10.5. The maximum Gasteiger partial charge on any atom is 0.319 e. The number of hydrogen-bond acceptors (Lipinski definition) is 6. The van der Waals surface area contributed by atoms with Crippen molar-refractivity contribution < 1.29 is 9.53 Å². The van der Waals surface area contributed by atoms with Gasteiger partial charge in [0.15, 0.2) is 4.34 Å². The molecule has 6 heteroatoms. The van der Waals surface area contributed by atoms with Gasteiger partial charge in [-0.15, -0.1) is 10.2 Å². The number of esters is 1. The number of hydrogen-bond donors (Lipinski definition) is 0. The van der Waals surface area contributed by atoms with Crippen molar-refractivity contribution in [1.82, 2.24) is 10.2 Å². The molecule has 0 saturated heterocycles. The second-order valence-corrected chi connectivity index (χ2v) is 5.37. The van der Waals surface area contributed by atoms with Crippen LogP contribution in [0.25, 0.3) is 0 Å². The fourth-order valence-electron chi connectivity index (χ4n) is 0.785. The molecule has 1 rings (SSSR count). The summed E-state index contributed by atoms with van der Waals surface area (Å²) in [6, 6.07) is 0. The van der Waals surface area contributed by atoms with Crippen LogP contribution >= 0.6 is 23.1 Å². The fraction of sp³-hybridized carbons (Fsp3) is 0.625. The van der Waals surface area contributed by atoms with Gasteiger partial charge in [-0.2, -0.15) is 0 Å². The Balaban J connectivity index is 2.48. The molecule has 0 fully saturated rings. The summed E-state index contributed by atoms with van der Waals surface area (Å²) in [5.41, 5.74) is 0. The summed E-state index contributed by atoms with van der Waals surface area (Å²) in [6.45, 7) is 5.90. The second kappa shape index (κ2) is 5.31. The van der Waals surface area contributed by atoms with Crippen molar-refractivity contribution in [2.24, 2.45) is 0 Å². The van der Waals surface area contributed by atoms with Crippen LogP contribution in [0.3, 0.4) is 0 Å². The summed E-state index contributed by atoms with van der Waals surface area (Å²) in [6.07, 6.45) is 0. The SMILES string of the molecule is CCOC(=O)[C@H](C)Sc1nnc(C)s1. The lowest BCUT2D eigenvalue weighted by Crippen LogP contribution is -2.16. The number of carbonyl (C=O) groups excluding carboxylic acids is 1. The van der Waals surface area contributed by atoms with Crippen molar-refractivity contribution in [2.75, 3.05) is 6.61 Å². The van der Waals surface area contributed by atoms with Gasteiger partial charge in [-0.05, 0) is 20.8 Å². The van der Waals surface area contributed by atoms with Crippen LogP contribution in [-0.2, 0) is 9.53 Å². The molecular weight excluding hydrogens is 220 g/mol. The van der Waals surface area contributed by atoms with Crippen LogP contribution < -0.4 is 0 Å². The van der Waals surface area contributed by atoms with Gasteiger partial charge in [0.25, 0.3) is 0 Å². The number of thioether (sulfide) groups is 1. The zero-order chi connectivity index (χ0) is 10.6. The molecular formula is C8H12N2O2S2. The first-order chi connectivity index (χ1) is 6.63. The Bertz CT molecular complexity index is 314. The summed E-state index contributed by atoms with van der Waals surface area (Å²) >= 11 is 2.87. The molecule has 1 aromatic heterocycles. The Morgan fingerprint density at radius 3 is 2.86 bits per heavy atom. The van der Waals surface area contributed by atoms with Crippen LogP contribution in [0, 0.1) is 6.92 Å². The van der Waals surface area contributed by atoms with E-state index in [4.69, 9.17) is 4.74 Å². The second-order valence-electron chi connectivity index (χ2n) is 2.60. The van der Waals surface area contributed by atoms with Crippen LogP contribution in [0.5, 0.6) is 0 Å². The first kappa shape index (κ1) is 11.5. The van der Waals surface area contributed by atoms with Crippen molar-refractivity contribution in [3.05, 3.63) is 5.01 Å². The van der Waals surface area contributed by atoms with E-state index in [9.17, 15) is 4.79 Å². The molecule has 0 radical (unpaired) electrons. The number of ether oxygens (including phenoxy) is 1. The Hall–Kier alpha value is -0.620. The van der Waals surface area contributed by atoms with E-state index in [2.05, 4.69) is 10.2 Å². The van der Waals surface area contributed by atoms with E-state index in [1.165, 1.54) is 23.1 Å². The molecule has 0 aromatic carbocycles. The number of aromatic nitrogens is 2. The average Bonchev–Trinajstić information content (AvgIpc) is 2.51. The van der Waals surface area contributed by atoms with E-state index < -0.39 is 0 Å². The molecule has 0 aliphatic heterocycles. The van der Waals surface area contributed by atoms with Gasteiger partial charge >= 0.3 is 5.97 Å². The van der Waals surface area contributed by atoms with Crippen molar-refractivity contribution in [3.63, 3.8) is 0 Å². The fourth-order valence-corrected chi connectivity index (χ4v) is 2.74. The standard InChI is InChI=1S/C8H12N2O2S2/c1-4-12-7(11)5(2)13-8-10-9-6(3)14-8/h5H,4H2,1-3H3/t5-/m0/s1. The monoisotopic (exact) mass is 232 g/mol. The molecule has 78 valence electrons. The summed E-state index contributed by atoms with van der Waals surface area (Å²) in [5.74, 6) is -0.203. The van der Waals surface area contributed by atoms with Crippen LogP contribution in [0.2, 0.25) is 0 Å². The van der Waals surface area contributed by atoms with Crippen molar-refractivity contribution in [1.29, 1.82) is 0 Å². The van der Waals surface area contributed by atoms with Crippen molar-refractivity contribution in [3.8, 4) is 0 Å². The van der Waals surface area contributed by atoms with E-state index in [0.29, 0.717) is 6.61 Å². The van der Waals surface area contributed by atoms with Gasteiger partial charge in [-0.1, -0.05) is 23.1 Å². The molecule has 0 aliphatic carbocycles. The predicted molar refractivity (Wildman–Crippen MR) is 56.6 cm³/mol. The quantitative estimate of drug-likeness (QED) is 0.586. The van der Waals surface area contributed by atoms with Crippen LogP contribution in [0.4, 0.5) is 0 Å². The molecule has 0 amide bonds. The van der Waals surface area contributed by atoms with Crippen molar-refractivity contribution in [2.45, 2.75) is 30.4 Å². The summed E-state index contributed by atoms with van der Waals surface area (Å²) < 4.78 is 5.69. The van der Waals surface area contributed by atoms with Gasteiger partial charge in [-0.25, -0.2) is 0 Å². The number of nitrogens with zero attached hydrogens (tertiary/aromatic N) is 2. The molecule has 0 saturated carbocycles. The molecule has 1 heterocycles.